The number of nitrogens with zero attached hydrogens (tertiary/aromatic N) is 4. The van der Waals surface area contributed by atoms with Gasteiger partial charge >= 0.3 is 0 Å². The van der Waals surface area contributed by atoms with Gasteiger partial charge in [0.15, 0.2) is 11.6 Å². The summed E-state index contributed by atoms with van der Waals surface area (Å²) in [5, 5.41) is 12.0. The summed E-state index contributed by atoms with van der Waals surface area (Å²) in [6.07, 6.45) is 1.52. The van der Waals surface area contributed by atoms with E-state index >= 15 is 0 Å². The number of halogens is 3. The van der Waals surface area contributed by atoms with Crippen LogP contribution in [0, 0.1) is 19.7 Å². The van der Waals surface area contributed by atoms with E-state index in [0.717, 1.165) is 11.4 Å². The van der Waals surface area contributed by atoms with Crippen molar-refractivity contribution >= 4 is 34.9 Å². The highest BCUT2D eigenvalue weighted by Gasteiger charge is 2.17. The number of furan rings is 1. The Kier molecular flexibility index (Phi) is 5.84. The van der Waals surface area contributed by atoms with Gasteiger partial charge in [0.1, 0.15) is 16.6 Å². The summed E-state index contributed by atoms with van der Waals surface area (Å²) in [7, 11) is 0. The third-order valence-electron chi connectivity index (χ3n) is 4.72. The van der Waals surface area contributed by atoms with Crippen LogP contribution >= 0.6 is 23.2 Å². The van der Waals surface area contributed by atoms with Crippen LogP contribution < -0.4 is 5.32 Å². The molecule has 10 heteroatoms. The second-order valence-electron chi connectivity index (χ2n) is 6.98. The van der Waals surface area contributed by atoms with Crippen LogP contribution in [0.25, 0.3) is 0 Å². The topological polar surface area (TPSA) is 77.9 Å². The Balaban J connectivity index is 1.45. The molecule has 1 aromatic carbocycles. The first-order chi connectivity index (χ1) is 14.8. The van der Waals surface area contributed by atoms with Crippen LogP contribution in [0.2, 0.25) is 10.0 Å². The van der Waals surface area contributed by atoms with E-state index in [1.807, 2.05) is 13.8 Å². The highest BCUT2D eigenvalue weighted by molar-refractivity contribution is 6.33. The number of aryl methyl sites for hydroxylation is 1. The first-order valence-electron chi connectivity index (χ1n) is 9.37. The zero-order valence-corrected chi connectivity index (χ0v) is 18.2. The fourth-order valence-corrected chi connectivity index (χ4v) is 3.43. The van der Waals surface area contributed by atoms with Gasteiger partial charge in [-0.15, -0.1) is 0 Å². The third-order valence-corrected chi connectivity index (χ3v) is 5.55. The molecule has 0 aliphatic rings. The van der Waals surface area contributed by atoms with Crippen LogP contribution in [0.5, 0.6) is 0 Å². The van der Waals surface area contributed by atoms with Crippen LogP contribution in [0.1, 0.15) is 33.3 Å². The summed E-state index contributed by atoms with van der Waals surface area (Å²) in [5.74, 6) is -0.0420. The monoisotopic (exact) mass is 461 g/mol. The predicted octanol–water partition coefficient (Wildman–Crippen LogP) is 5.08. The molecule has 7 nitrogen and oxygen atoms in total. The second kappa shape index (κ2) is 8.56. The van der Waals surface area contributed by atoms with E-state index in [0.29, 0.717) is 22.9 Å². The Bertz CT molecular complexity index is 1260. The van der Waals surface area contributed by atoms with E-state index < -0.39 is 5.91 Å². The number of hydrogen-bond donors (Lipinski definition) is 1. The van der Waals surface area contributed by atoms with Gasteiger partial charge in [0.2, 0.25) is 0 Å². The van der Waals surface area contributed by atoms with E-state index in [1.54, 1.807) is 35.0 Å². The number of rotatable bonds is 6. The molecule has 3 aromatic heterocycles. The molecule has 0 aliphatic carbocycles. The molecule has 160 valence electrons. The van der Waals surface area contributed by atoms with Crippen molar-refractivity contribution in [3.63, 3.8) is 0 Å². The fourth-order valence-electron chi connectivity index (χ4n) is 3.09. The highest BCUT2D eigenvalue weighted by atomic mass is 35.5. The number of amides is 1. The molecular formula is C21H18Cl2FN5O2. The maximum atomic E-state index is 13.9. The van der Waals surface area contributed by atoms with Crippen LogP contribution in [0.3, 0.4) is 0 Å². The molecule has 4 rings (SSSR count). The van der Waals surface area contributed by atoms with Crippen molar-refractivity contribution in [2.75, 3.05) is 5.32 Å². The molecule has 31 heavy (non-hydrogen) atoms. The second-order valence-corrected chi connectivity index (χ2v) is 7.76. The van der Waals surface area contributed by atoms with E-state index in [-0.39, 0.29) is 29.0 Å². The average molecular weight is 462 g/mol. The van der Waals surface area contributed by atoms with Gasteiger partial charge in [-0.1, -0.05) is 41.4 Å². The number of nitrogens with one attached hydrogen (secondary N) is 1. The predicted molar refractivity (Wildman–Crippen MR) is 115 cm³/mol. The van der Waals surface area contributed by atoms with Crippen molar-refractivity contribution < 1.29 is 13.6 Å². The quantitative estimate of drug-likeness (QED) is 0.433. The molecule has 0 fully saturated rings. The van der Waals surface area contributed by atoms with E-state index in [9.17, 15) is 9.18 Å². The van der Waals surface area contributed by atoms with Gasteiger partial charge in [-0.25, -0.2) is 4.39 Å². The van der Waals surface area contributed by atoms with Crippen molar-refractivity contribution in [1.82, 2.24) is 19.6 Å². The molecule has 0 bridgehead atoms. The Morgan fingerprint density at radius 3 is 2.61 bits per heavy atom. The summed E-state index contributed by atoms with van der Waals surface area (Å²) in [6.45, 7) is 4.20. The standard InChI is InChI=1S/C21H18Cl2FN5O2/c1-12-19(23)13(2)29(26-12)10-15-7-8-18(31-15)21(30)25-20-16(22)11-28(27-20)9-14-5-3-4-6-17(14)24/h3-8,11H,9-10H2,1-2H3,(H,25,27,30). The molecule has 3 heterocycles. The number of carbonyl (C=O) groups excluding carboxylic acids is 1. The fraction of sp³-hybridized carbons (Fsp3) is 0.190. The van der Waals surface area contributed by atoms with Crippen LogP contribution in [-0.2, 0) is 13.1 Å². The number of carbonyl (C=O) groups is 1. The summed E-state index contributed by atoms with van der Waals surface area (Å²) >= 11 is 12.3. The summed E-state index contributed by atoms with van der Waals surface area (Å²) in [5.41, 5.74) is 2.00. The first kappa shape index (κ1) is 21.1. The van der Waals surface area contributed by atoms with Gasteiger partial charge in [0, 0.05) is 11.8 Å². The van der Waals surface area contributed by atoms with Crippen LogP contribution in [0.15, 0.2) is 47.0 Å². The molecule has 0 radical (unpaired) electrons. The minimum Gasteiger partial charge on any atom is -0.454 e. The molecule has 0 saturated heterocycles. The van der Waals surface area contributed by atoms with Crippen molar-refractivity contribution in [3.05, 3.63) is 86.9 Å². The largest absolute Gasteiger partial charge is 0.454 e. The Morgan fingerprint density at radius 1 is 1.13 bits per heavy atom. The summed E-state index contributed by atoms with van der Waals surface area (Å²) < 4.78 is 22.7. The van der Waals surface area contributed by atoms with Gasteiger partial charge in [-0.2, -0.15) is 10.2 Å². The lowest BCUT2D eigenvalue weighted by Gasteiger charge is -2.03. The number of aromatic nitrogens is 4. The molecule has 0 saturated carbocycles. The maximum absolute atomic E-state index is 13.9. The maximum Gasteiger partial charge on any atom is 0.292 e. The zero-order valence-electron chi connectivity index (χ0n) is 16.7. The molecule has 0 spiro atoms. The van der Waals surface area contributed by atoms with Gasteiger partial charge < -0.3 is 9.73 Å². The minimum atomic E-state index is -0.504. The Morgan fingerprint density at radius 2 is 1.90 bits per heavy atom. The lowest BCUT2D eigenvalue weighted by molar-refractivity contribution is 0.0994. The van der Waals surface area contributed by atoms with Crippen LogP contribution in [-0.4, -0.2) is 25.5 Å². The molecule has 0 unspecified atom stereocenters. The van der Waals surface area contributed by atoms with Crippen molar-refractivity contribution in [1.29, 1.82) is 0 Å². The van der Waals surface area contributed by atoms with Crippen molar-refractivity contribution in [2.45, 2.75) is 26.9 Å². The van der Waals surface area contributed by atoms with E-state index in [2.05, 4.69) is 15.5 Å². The molecule has 0 atom stereocenters. The summed E-state index contributed by atoms with van der Waals surface area (Å²) in [4.78, 5) is 12.6. The normalized spacial score (nSPS) is 11.1. The summed E-state index contributed by atoms with van der Waals surface area (Å²) in [6, 6.07) is 9.63. The zero-order chi connectivity index (χ0) is 22.1. The number of hydrogen-bond acceptors (Lipinski definition) is 4. The van der Waals surface area contributed by atoms with E-state index in [1.165, 1.54) is 16.9 Å². The van der Waals surface area contributed by atoms with Gasteiger partial charge in [-0.05, 0) is 32.0 Å². The highest BCUT2D eigenvalue weighted by Crippen LogP contribution is 2.23. The Labute approximate surface area is 187 Å². The minimum absolute atomic E-state index is 0.0994. The smallest absolute Gasteiger partial charge is 0.292 e. The van der Waals surface area contributed by atoms with Crippen LogP contribution in [0.4, 0.5) is 10.2 Å². The number of anilines is 1. The lowest BCUT2D eigenvalue weighted by atomic mass is 10.2. The molecule has 1 N–H and O–H groups in total. The Hall–Kier alpha value is -3.10. The first-order valence-corrected chi connectivity index (χ1v) is 10.1. The number of benzene rings is 1. The van der Waals surface area contributed by atoms with Crippen molar-refractivity contribution in [2.24, 2.45) is 0 Å². The van der Waals surface area contributed by atoms with Gasteiger partial charge in [0.05, 0.1) is 29.5 Å². The average Bonchev–Trinajstić information content (AvgIpc) is 3.40. The SMILES string of the molecule is Cc1nn(Cc2ccc(C(=O)Nc3nn(Cc4ccccc4F)cc3Cl)o2)c(C)c1Cl. The molecule has 1 amide bonds. The van der Waals surface area contributed by atoms with E-state index in [4.69, 9.17) is 27.6 Å². The lowest BCUT2D eigenvalue weighted by Crippen LogP contribution is -2.12. The van der Waals surface area contributed by atoms with Gasteiger partial charge in [-0.3, -0.25) is 14.2 Å². The van der Waals surface area contributed by atoms with Crippen molar-refractivity contribution in [3.8, 4) is 0 Å². The molecule has 4 aromatic rings. The third kappa shape index (κ3) is 4.50. The van der Waals surface area contributed by atoms with Gasteiger partial charge in [0.25, 0.3) is 5.91 Å². The molecule has 0 aliphatic heterocycles. The molecular weight excluding hydrogens is 444 g/mol.